The highest BCUT2D eigenvalue weighted by molar-refractivity contribution is 6.83. The highest BCUT2D eigenvalue weighted by Crippen LogP contribution is 2.16. The van der Waals surface area contributed by atoms with Crippen LogP contribution in [0.15, 0.2) is 39.6 Å². The van der Waals surface area contributed by atoms with Crippen molar-refractivity contribution in [2.24, 2.45) is 0 Å². The first-order valence-electron chi connectivity index (χ1n) is 7.74. The van der Waals surface area contributed by atoms with Crippen molar-refractivity contribution in [2.75, 3.05) is 6.61 Å². The van der Waals surface area contributed by atoms with E-state index in [9.17, 15) is 9.59 Å². The molecule has 0 spiro atoms. The molecular formula is C19H20O4Si. The van der Waals surface area contributed by atoms with Crippen LogP contribution in [-0.4, -0.2) is 20.7 Å². The molecule has 5 heteroatoms. The average molecular weight is 340 g/mol. The van der Waals surface area contributed by atoms with Crippen LogP contribution in [-0.2, 0) is 9.53 Å². The maximum atomic E-state index is 12.0. The van der Waals surface area contributed by atoms with E-state index in [1.807, 2.05) is 12.1 Å². The first-order valence-corrected chi connectivity index (χ1v) is 11.2. The predicted molar refractivity (Wildman–Crippen MR) is 98.4 cm³/mol. The number of carbonyl (C=O) groups excluding carboxylic acids is 1. The van der Waals surface area contributed by atoms with Crippen molar-refractivity contribution in [1.82, 2.24) is 0 Å². The van der Waals surface area contributed by atoms with Gasteiger partial charge in [-0.2, -0.15) is 0 Å². The summed E-state index contributed by atoms with van der Waals surface area (Å²) in [4.78, 5) is 23.4. The second-order valence-corrected chi connectivity index (χ2v) is 11.1. The lowest BCUT2D eigenvalue weighted by Gasteiger charge is -2.04. The number of rotatable bonds is 3. The molecule has 0 unspecified atom stereocenters. The molecule has 0 aliphatic heterocycles. The van der Waals surface area contributed by atoms with Crippen LogP contribution in [0.3, 0.4) is 0 Å². The Kier molecular flexibility index (Phi) is 5.42. The molecule has 0 fully saturated rings. The van der Waals surface area contributed by atoms with Gasteiger partial charge in [0.15, 0.2) is 0 Å². The largest absolute Gasteiger partial charge is 0.463 e. The Morgan fingerprint density at radius 1 is 1.29 bits per heavy atom. The maximum Gasteiger partial charge on any atom is 0.343 e. The van der Waals surface area contributed by atoms with Crippen LogP contribution in [0.5, 0.6) is 0 Å². The Morgan fingerprint density at radius 3 is 2.71 bits per heavy atom. The summed E-state index contributed by atoms with van der Waals surface area (Å²) in [7, 11) is -1.46. The molecule has 0 saturated carbocycles. The van der Waals surface area contributed by atoms with Crippen LogP contribution in [0.25, 0.3) is 17.0 Å². The Morgan fingerprint density at radius 2 is 2.04 bits per heavy atom. The quantitative estimate of drug-likeness (QED) is 0.282. The Bertz CT molecular complexity index is 905. The summed E-state index contributed by atoms with van der Waals surface area (Å²) in [6, 6.07) is 7.21. The van der Waals surface area contributed by atoms with Gasteiger partial charge in [0.05, 0.1) is 12.2 Å². The number of hydrogen-bond donors (Lipinski definition) is 0. The van der Waals surface area contributed by atoms with Gasteiger partial charge in [-0.1, -0.05) is 25.6 Å². The number of hydrogen-bond acceptors (Lipinski definition) is 4. The molecule has 2 aromatic rings. The van der Waals surface area contributed by atoms with Gasteiger partial charge < -0.3 is 9.15 Å². The molecule has 2 rings (SSSR count). The minimum Gasteiger partial charge on any atom is -0.463 e. The third-order valence-corrected chi connectivity index (χ3v) is 3.91. The lowest BCUT2D eigenvalue weighted by molar-refractivity contribution is -0.137. The van der Waals surface area contributed by atoms with Gasteiger partial charge in [0.2, 0.25) is 0 Å². The van der Waals surface area contributed by atoms with E-state index >= 15 is 0 Å². The SMILES string of the molecule is CCOC(=O)C=Cc1cc2ccc(C#C[Si](C)(C)C)cc2oc1=O. The van der Waals surface area contributed by atoms with Crippen molar-refractivity contribution < 1.29 is 13.9 Å². The van der Waals surface area contributed by atoms with Gasteiger partial charge in [-0.05, 0) is 37.3 Å². The molecule has 0 bridgehead atoms. The van der Waals surface area contributed by atoms with E-state index in [-0.39, 0.29) is 6.61 Å². The molecule has 1 aromatic heterocycles. The van der Waals surface area contributed by atoms with Crippen molar-refractivity contribution in [2.45, 2.75) is 26.6 Å². The molecule has 24 heavy (non-hydrogen) atoms. The number of carbonyl (C=O) groups is 1. The number of esters is 1. The first-order chi connectivity index (χ1) is 11.3. The third kappa shape index (κ3) is 4.97. The van der Waals surface area contributed by atoms with Crippen LogP contribution in [0.4, 0.5) is 0 Å². The summed E-state index contributed by atoms with van der Waals surface area (Å²) < 4.78 is 10.1. The van der Waals surface area contributed by atoms with Crippen molar-refractivity contribution in [3.8, 4) is 11.5 Å². The molecule has 0 atom stereocenters. The molecule has 1 heterocycles. The summed E-state index contributed by atoms with van der Waals surface area (Å²) in [6.07, 6.45) is 2.62. The predicted octanol–water partition coefficient (Wildman–Crippen LogP) is 3.60. The molecule has 0 N–H and O–H groups in total. The van der Waals surface area contributed by atoms with E-state index in [0.717, 1.165) is 10.9 Å². The molecular weight excluding hydrogens is 320 g/mol. The summed E-state index contributed by atoms with van der Waals surface area (Å²) in [5.74, 6) is 2.65. The standard InChI is InChI=1S/C19H20O4Si/c1-5-22-18(20)9-8-16-13-15-7-6-14(10-11-24(2,3)4)12-17(15)23-19(16)21/h6-9,12-13H,5H2,1-4H3. The lowest BCUT2D eigenvalue weighted by atomic mass is 10.1. The van der Waals surface area contributed by atoms with Crippen LogP contribution in [0.2, 0.25) is 19.6 Å². The van der Waals surface area contributed by atoms with E-state index in [1.54, 1.807) is 19.1 Å². The van der Waals surface area contributed by atoms with Crippen molar-refractivity contribution in [1.29, 1.82) is 0 Å². The Labute approximate surface area is 142 Å². The lowest BCUT2D eigenvalue weighted by Crippen LogP contribution is -2.16. The first kappa shape index (κ1) is 17.8. The number of benzene rings is 1. The molecule has 1 aromatic carbocycles. The second-order valence-electron chi connectivity index (χ2n) is 6.33. The molecule has 0 aliphatic rings. The minimum absolute atomic E-state index is 0.288. The zero-order valence-corrected chi connectivity index (χ0v) is 15.3. The summed E-state index contributed by atoms with van der Waals surface area (Å²) in [5.41, 5.74) is 4.39. The van der Waals surface area contributed by atoms with Gasteiger partial charge >= 0.3 is 11.6 Å². The van der Waals surface area contributed by atoms with Gasteiger partial charge in [-0.3, -0.25) is 0 Å². The van der Waals surface area contributed by atoms with Crippen molar-refractivity contribution >= 4 is 31.1 Å². The van der Waals surface area contributed by atoms with Crippen LogP contribution < -0.4 is 5.63 Å². The van der Waals surface area contributed by atoms with Crippen molar-refractivity contribution in [3.05, 3.63) is 51.9 Å². The van der Waals surface area contributed by atoms with Crippen LogP contribution >= 0.6 is 0 Å². The van der Waals surface area contributed by atoms with E-state index in [2.05, 4.69) is 31.1 Å². The van der Waals surface area contributed by atoms with E-state index in [4.69, 9.17) is 9.15 Å². The number of ether oxygens (including phenoxy) is 1. The normalized spacial score (nSPS) is 11.3. The number of fused-ring (bicyclic) bond motifs is 1. The summed E-state index contributed by atoms with van der Waals surface area (Å²) in [6.45, 7) is 8.52. The van der Waals surface area contributed by atoms with Crippen molar-refractivity contribution in [3.63, 3.8) is 0 Å². The average Bonchev–Trinajstić information content (AvgIpc) is 2.50. The fraction of sp³-hybridized carbons (Fsp3) is 0.263. The zero-order valence-electron chi connectivity index (χ0n) is 14.3. The zero-order chi connectivity index (χ0) is 17.7. The smallest absolute Gasteiger partial charge is 0.343 e. The van der Waals surface area contributed by atoms with Gasteiger partial charge in [-0.15, -0.1) is 5.54 Å². The monoisotopic (exact) mass is 340 g/mol. The van der Waals surface area contributed by atoms with Crippen LogP contribution in [0, 0.1) is 11.5 Å². The van der Waals surface area contributed by atoms with E-state index in [1.165, 1.54) is 12.2 Å². The molecule has 124 valence electrons. The fourth-order valence-electron chi connectivity index (χ4n) is 1.93. The molecule has 0 amide bonds. The molecule has 0 radical (unpaired) electrons. The highest BCUT2D eigenvalue weighted by Gasteiger charge is 2.08. The van der Waals surface area contributed by atoms with E-state index < -0.39 is 19.7 Å². The van der Waals surface area contributed by atoms with Gasteiger partial charge in [0.1, 0.15) is 13.7 Å². The Balaban J connectivity index is 2.37. The topological polar surface area (TPSA) is 56.5 Å². The van der Waals surface area contributed by atoms with E-state index in [0.29, 0.717) is 11.1 Å². The highest BCUT2D eigenvalue weighted by atomic mass is 28.3. The summed E-state index contributed by atoms with van der Waals surface area (Å²) >= 11 is 0. The van der Waals surface area contributed by atoms with Gasteiger partial charge in [-0.25, -0.2) is 9.59 Å². The molecule has 0 aliphatic carbocycles. The summed E-state index contributed by atoms with van der Waals surface area (Å²) in [5, 5.41) is 0.775. The Hall–Kier alpha value is -2.58. The fourth-order valence-corrected chi connectivity index (χ4v) is 2.45. The minimum atomic E-state index is -1.46. The van der Waals surface area contributed by atoms with Crippen LogP contribution in [0.1, 0.15) is 18.1 Å². The maximum absolute atomic E-state index is 12.0. The molecule has 0 saturated heterocycles. The van der Waals surface area contributed by atoms with Gasteiger partial charge in [0, 0.05) is 17.0 Å². The van der Waals surface area contributed by atoms with Gasteiger partial charge in [0.25, 0.3) is 0 Å². The second kappa shape index (κ2) is 7.32. The molecule has 4 nitrogen and oxygen atoms in total. The third-order valence-electron chi connectivity index (χ3n) is 3.03.